The van der Waals surface area contributed by atoms with Crippen molar-refractivity contribution in [2.24, 2.45) is 0 Å². The van der Waals surface area contributed by atoms with Crippen molar-refractivity contribution in [2.75, 3.05) is 11.1 Å². The average Bonchev–Trinajstić information content (AvgIpc) is 3.40. The van der Waals surface area contributed by atoms with Crippen LogP contribution in [0.3, 0.4) is 0 Å². The summed E-state index contributed by atoms with van der Waals surface area (Å²) in [5, 5.41) is 4.02. The number of fused-ring (bicyclic) bond motifs is 1. The SMILES string of the molecule is O=C(CSc1nc2ccccc2c(=O)n1Cc1ccco1)Nc1ccccc1Cc1ccccc1. The smallest absolute Gasteiger partial charge is 0.262 e. The number of carbonyl (C=O) groups excluding carboxylic acids is 1. The number of thioether (sulfide) groups is 1. The van der Waals surface area contributed by atoms with Crippen molar-refractivity contribution >= 4 is 34.3 Å². The normalized spacial score (nSPS) is 11.0. The van der Waals surface area contributed by atoms with Crippen molar-refractivity contribution in [2.45, 2.75) is 18.1 Å². The molecule has 1 N–H and O–H groups in total. The van der Waals surface area contributed by atoms with Crippen LogP contribution in [0.5, 0.6) is 0 Å². The Morgan fingerprint density at radius 1 is 0.914 bits per heavy atom. The molecular formula is C28H23N3O3S. The Hall–Kier alpha value is -4.10. The average molecular weight is 482 g/mol. The van der Waals surface area contributed by atoms with E-state index in [0.717, 1.165) is 17.7 Å². The second-order valence-corrected chi connectivity index (χ2v) is 8.98. The van der Waals surface area contributed by atoms with Gasteiger partial charge in [-0.3, -0.25) is 14.2 Å². The van der Waals surface area contributed by atoms with Gasteiger partial charge in [-0.1, -0.05) is 72.4 Å². The second kappa shape index (κ2) is 10.4. The van der Waals surface area contributed by atoms with Crippen LogP contribution in [0.1, 0.15) is 16.9 Å². The minimum absolute atomic E-state index is 0.114. The number of rotatable bonds is 8. The van der Waals surface area contributed by atoms with Gasteiger partial charge in [-0.25, -0.2) is 4.98 Å². The van der Waals surface area contributed by atoms with E-state index >= 15 is 0 Å². The maximum Gasteiger partial charge on any atom is 0.262 e. The van der Waals surface area contributed by atoms with Gasteiger partial charge in [0.2, 0.25) is 5.91 Å². The van der Waals surface area contributed by atoms with Crippen LogP contribution < -0.4 is 10.9 Å². The van der Waals surface area contributed by atoms with Crippen molar-refractivity contribution in [3.8, 4) is 0 Å². The standard InChI is InChI=1S/C28H23N3O3S/c32-26(29-24-14-6-4-11-21(24)17-20-9-2-1-3-10-20)19-35-28-30-25-15-7-5-13-23(25)27(33)31(28)18-22-12-8-16-34-22/h1-16H,17-19H2,(H,29,32). The molecule has 3 aromatic carbocycles. The quantitative estimate of drug-likeness (QED) is 0.239. The Morgan fingerprint density at radius 2 is 1.69 bits per heavy atom. The molecule has 0 bridgehead atoms. The third-order valence-corrected chi connectivity index (χ3v) is 6.56. The molecule has 0 aliphatic heterocycles. The summed E-state index contributed by atoms with van der Waals surface area (Å²) in [6.07, 6.45) is 2.29. The zero-order chi connectivity index (χ0) is 24.0. The van der Waals surface area contributed by atoms with Gasteiger partial charge in [0.15, 0.2) is 5.16 Å². The molecule has 174 valence electrons. The second-order valence-electron chi connectivity index (χ2n) is 8.04. The summed E-state index contributed by atoms with van der Waals surface area (Å²) < 4.78 is 7.01. The van der Waals surface area contributed by atoms with Crippen LogP contribution in [0.4, 0.5) is 5.69 Å². The molecule has 0 saturated carbocycles. The Morgan fingerprint density at radius 3 is 2.51 bits per heavy atom. The third-order valence-electron chi connectivity index (χ3n) is 5.58. The number of nitrogens with one attached hydrogen (secondary N) is 1. The molecule has 2 aromatic heterocycles. The van der Waals surface area contributed by atoms with Gasteiger partial charge in [0.1, 0.15) is 5.76 Å². The minimum Gasteiger partial charge on any atom is -0.467 e. The van der Waals surface area contributed by atoms with Gasteiger partial charge in [-0.15, -0.1) is 0 Å². The van der Waals surface area contributed by atoms with E-state index in [1.807, 2.05) is 60.7 Å². The fraction of sp³-hybridized carbons (Fsp3) is 0.107. The lowest BCUT2D eigenvalue weighted by Gasteiger charge is -2.13. The first kappa shape index (κ1) is 22.7. The van der Waals surface area contributed by atoms with Crippen molar-refractivity contribution in [1.29, 1.82) is 0 Å². The monoisotopic (exact) mass is 481 g/mol. The van der Waals surface area contributed by atoms with Gasteiger partial charge in [0.05, 0.1) is 29.5 Å². The summed E-state index contributed by atoms with van der Waals surface area (Å²) >= 11 is 1.23. The molecule has 0 fully saturated rings. The molecule has 7 heteroatoms. The van der Waals surface area contributed by atoms with Crippen molar-refractivity contribution < 1.29 is 9.21 Å². The predicted octanol–water partition coefficient (Wildman–Crippen LogP) is 5.36. The largest absolute Gasteiger partial charge is 0.467 e. The molecule has 2 heterocycles. The van der Waals surface area contributed by atoms with E-state index in [1.54, 1.807) is 29.0 Å². The lowest BCUT2D eigenvalue weighted by molar-refractivity contribution is -0.113. The maximum absolute atomic E-state index is 13.2. The van der Waals surface area contributed by atoms with Crippen LogP contribution in [0, 0.1) is 0 Å². The van der Waals surface area contributed by atoms with Gasteiger partial charge in [-0.05, 0) is 47.9 Å². The molecule has 6 nitrogen and oxygen atoms in total. The molecule has 0 saturated heterocycles. The number of benzene rings is 3. The zero-order valence-corrected chi connectivity index (χ0v) is 19.7. The lowest BCUT2D eigenvalue weighted by atomic mass is 10.0. The molecule has 0 unspecified atom stereocenters. The van der Waals surface area contributed by atoms with Gasteiger partial charge in [0.25, 0.3) is 5.56 Å². The summed E-state index contributed by atoms with van der Waals surface area (Å²) in [4.78, 5) is 30.8. The van der Waals surface area contributed by atoms with Crippen molar-refractivity contribution in [1.82, 2.24) is 9.55 Å². The number of aromatic nitrogens is 2. The zero-order valence-electron chi connectivity index (χ0n) is 18.9. The van der Waals surface area contributed by atoms with E-state index < -0.39 is 0 Å². The first-order valence-electron chi connectivity index (χ1n) is 11.2. The first-order chi connectivity index (χ1) is 17.2. The summed E-state index contributed by atoms with van der Waals surface area (Å²) in [7, 11) is 0. The Balaban J connectivity index is 1.35. The number of anilines is 1. The summed E-state index contributed by atoms with van der Waals surface area (Å²) in [6.45, 7) is 0.244. The number of furan rings is 1. The molecule has 0 spiro atoms. The number of hydrogen-bond donors (Lipinski definition) is 1. The third kappa shape index (κ3) is 5.36. The summed E-state index contributed by atoms with van der Waals surface area (Å²) in [5.41, 5.74) is 3.43. The number of hydrogen-bond acceptors (Lipinski definition) is 5. The number of carbonyl (C=O) groups is 1. The van der Waals surface area contributed by atoms with E-state index in [-0.39, 0.29) is 23.8 Å². The molecular weight excluding hydrogens is 458 g/mol. The molecule has 5 rings (SSSR count). The van der Waals surface area contributed by atoms with Gasteiger partial charge in [0, 0.05) is 5.69 Å². The van der Waals surface area contributed by atoms with E-state index in [2.05, 4.69) is 22.4 Å². The first-order valence-corrected chi connectivity index (χ1v) is 12.2. The Labute approximate surface area is 206 Å². The lowest BCUT2D eigenvalue weighted by Crippen LogP contribution is -2.24. The molecule has 0 aliphatic rings. The topological polar surface area (TPSA) is 77.1 Å². The number of para-hydroxylation sites is 2. The van der Waals surface area contributed by atoms with Crippen molar-refractivity contribution in [3.63, 3.8) is 0 Å². The molecule has 0 atom stereocenters. The van der Waals surface area contributed by atoms with Crippen LogP contribution in [0.2, 0.25) is 0 Å². The van der Waals surface area contributed by atoms with Crippen LogP contribution in [0.25, 0.3) is 10.9 Å². The van der Waals surface area contributed by atoms with E-state index in [4.69, 9.17) is 4.42 Å². The highest BCUT2D eigenvalue weighted by Crippen LogP contribution is 2.22. The van der Waals surface area contributed by atoms with Crippen LogP contribution in [-0.2, 0) is 17.8 Å². The van der Waals surface area contributed by atoms with Crippen LogP contribution >= 0.6 is 11.8 Å². The fourth-order valence-corrected chi connectivity index (χ4v) is 4.68. The van der Waals surface area contributed by atoms with Crippen LogP contribution in [-0.4, -0.2) is 21.2 Å². The molecule has 0 aliphatic carbocycles. The number of amides is 1. The predicted molar refractivity (Wildman–Crippen MR) is 139 cm³/mol. The van der Waals surface area contributed by atoms with Crippen molar-refractivity contribution in [3.05, 3.63) is 124 Å². The highest BCUT2D eigenvalue weighted by Gasteiger charge is 2.15. The molecule has 35 heavy (non-hydrogen) atoms. The molecule has 5 aromatic rings. The van der Waals surface area contributed by atoms with E-state index in [0.29, 0.717) is 21.8 Å². The maximum atomic E-state index is 13.2. The minimum atomic E-state index is -0.164. The van der Waals surface area contributed by atoms with Gasteiger partial charge < -0.3 is 9.73 Å². The highest BCUT2D eigenvalue weighted by atomic mass is 32.2. The summed E-state index contributed by atoms with van der Waals surface area (Å²) in [5.74, 6) is 0.593. The Bertz CT molecular complexity index is 1510. The van der Waals surface area contributed by atoms with Gasteiger partial charge >= 0.3 is 0 Å². The van der Waals surface area contributed by atoms with Crippen LogP contribution in [0.15, 0.2) is 112 Å². The number of nitrogens with zero attached hydrogens (tertiary/aromatic N) is 2. The molecule has 0 radical (unpaired) electrons. The highest BCUT2D eigenvalue weighted by molar-refractivity contribution is 7.99. The van der Waals surface area contributed by atoms with Gasteiger partial charge in [-0.2, -0.15) is 0 Å². The summed E-state index contributed by atoms with van der Waals surface area (Å²) in [6, 6.07) is 28.7. The fourth-order valence-electron chi connectivity index (χ4n) is 3.88. The van der Waals surface area contributed by atoms with E-state index in [9.17, 15) is 9.59 Å². The Kier molecular flexibility index (Phi) is 6.77. The molecule has 1 amide bonds. The van der Waals surface area contributed by atoms with E-state index in [1.165, 1.54) is 17.3 Å².